The molecule has 1 atom stereocenters. The van der Waals surface area contributed by atoms with Crippen molar-refractivity contribution >= 4 is 23.3 Å². The zero-order valence-corrected chi connectivity index (χ0v) is 16.3. The Hall–Kier alpha value is -2.79. The van der Waals surface area contributed by atoms with Crippen molar-refractivity contribution in [1.82, 2.24) is 4.90 Å². The van der Waals surface area contributed by atoms with Crippen LogP contribution < -0.4 is 4.74 Å². The zero-order valence-electron chi connectivity index (χ0n) is 15.5. The van der Waals surface area contributed by atoms with Gasteiger partial charge in [0.25, 0.3) is 0 Å². The molecule has 0 spiro atoms. The second-order valence-electron chi connectivity index (χ2n) is 6.30. The van der Waals surface area contributed by atoms with Gasteiger partial charge < -0.3 is 14.1 Å². The molecule has 2 aromatic heterocycles. The van der Waals surface area contributed by atoms with Gasteiger partial charge in [0.2, 0.25) is 5.91 Å². The van der Waals surface area contributed by atoms with Crippen LogP contribution in [0.5, 0.6) is 5.75 Å². The van der Waals surface area contributed by atoms with Crippen LogP contribution in [0, 0.1) is 0 Å². The number of methoxy groups -OCH3 is 1. The number of thiophene rings is 1. The van der Waals surface area contributed by atoms with Crippen molar-refractivity contribution in [1.29, 1.82) is 0 Å². The fourth-order valence-electron chi connectivity index (χ4n) is 2.84. The molecule has 3 rings (SSSR count). The van der Waals surface area contributed by atoms with Crippen molar-refractivity contribution in [3.8, 4) is 5.75 Å². The van der Waals surface area contributed by atoms with E-state index in [-0.39, 0.29) is 11.9 Å². The third-order valence-corrected chi connectivity index (χ3v) is 5.24. The maximum absolute atomic E-state index is 12.9. The Labute approximate surface area is 163 Å². The highest BCUT2D eigenvalue weighted by atomic mass is 32.1. The lowest BCUT2D eigenvalue weighted by atomic mass is 10.1. The monoisotopic (exact) mass is 381 g/mol. The molecule has 0 aliphatic rings. The van der Waals surface area contributed by atoms with E-state index in [4.69, 9.17) is 9.15 Å². The van der Waals surface area contributed by atoms with E-state index in [1.54, 1.807) is 42.9 Å². The lowest BCUT2D eigenvalue weighted by Gasteiger charge is -2.28. The molecular weight excluding hydrogens is 358 g/mol. The van der Waals surface area contributed by atoms with Crippen LogP contribution in [0.15, 0.2) is 70.7 Å². The summed E-state index contributed by atoms with van der Waals surface area (Å²) in [5.74, 6) is 1.44. The van der Waals surface area contributed by atoms with Gasteiger partial charge in [0, 0.05) is 30.0 Å². The number of nitrogens with zero attached hydrogens (tertiary/aromatic N) is 1. The maximum Gasteiger partial charge on any atom is 0.247 e. The van der Waals surface area contributed by atoms with E-state index in [1.165, 1.54) is 4.88 Å². The second kappa shape index (κ2) is 9.24. The van der Waals surface area contributed by atoms with Crippen molar-refractivity contribution in [2.24, 2.45) is 0 Å². The molecule has 0 fully saturated rings. The van der Waals surface area contributed by atoms with E-state index >= 15 is 0 Å². The highest BCUT2D eigenvalue weighted by Gasteiger charge is 2.19. The molecule has 0 saturated carbocycles. The molecule has 140 valence electrons. The Kier molecular flexibility index (Phi) is 6.49. The minimum Gasteiger partial charge on any atom is -0.497 e. The van der Waals surface area contributed by atoms with Gasteiger partial charge in [-0.1, -0.05) is 18.2 Å². The van der Waals surface area contributed by atoms with Crippen molar-refractivity contribution in [3.05, 3.63) is 82.5 Å². The largest absolute Gasteiger partial charge is 0.497 e. The van der Waals surface area contributed by atoms with Crippen molar-refractivity contribution in [2.75, 3.05) is 7.11 Å². The molecule has 0 saturated heterocycles. The van der Waals surface area contributed by atoms with Crippen LogP contribution in [0.2, 0.25) is 0 Å². The van der Waals surface area contributed by atoms with Gasteiger partial charge in [-0.3, -0.25) is 4.79 Å². The third kappa shape index (κ3) is 5.34. The summed E-state index contributed by atoms with van der Waals surface area (Å²) >= 11 is 1.72. The molecule has 1 amide bonds. The van der Waals surface area contributed by atoms with E-state index in [1.807, 2.05) is 41.3 Å². The Morgan fingerprint density at radius 3 is 2.67 bits per heavy atom. The number of hydrogen-bond acceptors (Lipinski definition) is 4. The molecule has 5 heteroatoms. The molecular formula is C22H23NO3S. The van der Waals surface area contributed by atoms with Crippen molar-refractivity contribution < 1.29 is 13.9 Å². The predicted molar refractivity (Wildman–Crippen MR) is 109 cm³/mol. The molecule has 1 unspecified atom stereocenters. The molecule has 0 aliphatic carbocycles. The fourth-order valence-corrected chi connectivity index (χ4v) is 3.67. The summed E-state index contributed by atoms with van der Waals surface area (Å²) in [7, 11) is 1.65. The van der Waals surface area contributed by atoms with Crippen LogP contribution >= 0.6 is 11.3 Å². The van der Waals surface area contributed by atoms with Gasteiger partial charge in [-0.25, -0.2) is 0 Å². The van der Waals surface area contributed by atoms with Crippen LogP contribution in [-0.4, -0.2) is 24.0 Å². The first-order valence-corrected chi connectivity index (χ1v) is 9.71. The van der Waals surface area contributed by atoms with Gasteiger partial charge in [0.15, 0.2) is 0 Å². The lowest BCUT2D eigenvalue weighted by molar-refractivity contribution is -0.128. The molecule has 1 aromatic carbocycles. The summed E-state index contributed by atoms with van der Waals surface area (Å²) in [4.78, 5) is 16.1. The summed E-state index contributed by atoms with van der Waals surface area (Å²) in [6.45, 7) is 2.62. The standard InChI is InChI=1S/C22H23NO3S/c1-17(15-21-6-4-14-27-21)23(16-18-7-9-19(25-2)10-8-18)22(24)12-11-20-5-3-13-26-20/h3-14,17H,15-16H2,1-2H3/b12-11+. The second-order valence-corrected chi connectivity index (χ2v) is 7.33. The zero-order chi connectivity index (χ0) is 19.1. The van der Waals surface area contributed by atoms with Gasteiger partial charge in [-0.15, -0.1) is 11.3 Å². The highest BCUT2D eigenvalue weighted by molar-refractivity contribution is 7.09. The number of carbonyl (C=O) groups excluding carboxylic acids is 1. The molecule has 0 bridgehead atoms. The van der Waals surface area contributed by atoms with Crippen molar-refractivity contribution in [3.63, 3.8) is 0 Å². The summed E-state index contributed by atoms with van der Waals surface area (Å²) in [5, 5.41) is 2.06. The SMILES string of the molecule is COc1ccc(CN(C(=O)/C=C/c2ccco2)C(C)Cc2cccs2)cc1. The molecule has 4 nitrogen and oxygen atoms in total. The summed E-state index contributed by atoms with van der Waals surface area (Å²) < 4.78 is 10.5. The topological polar surface area (TPSA) is 42.7 Å². The van der Waals surface area contributed by atoms with Crippen LogP contribution in [0.4, 0.5) is 0 Å². The molecule has 3 aromatic rings. The molecule has 0 aliphatic heterocycles. The van der Waals surface area contributed by atoms with Gasteiger partial charge in [0.1, 0.15) is 11.5 Å². The Balaban J connectivity index is 1.76. The summed E-state index contributed by atoms with van der Waals surface area (Å²) in [5.41, 5.74) is 1.06. The fraction of sp³-hybridized carbons (Fsp3) is 0.227. The average Bonchev–Trinajstić information content (AvgIpc) is 3.38. The van der Waals surface area contributed by atoms with Crippen LogP contribution in [0.25, 0.3) is 6.08 Å². The average molecular weight is 381 g/mol. The first kappa shape index (κ1) is 19.0. The molecule has 0 N–H and O–H groups in total. The van der Waals surface area contributed by atoms with E-state index in [9.17, 15) is 4.79 Å². The highest BCUT2D eigenvalue weighted by Crippen LogP contribution is 2.19. The quantitative estimate of drug-likeness (QED) is 0.514. The van der Waals surface area contributed by atoms with Gasteiger partial charge in [-0.2, -0.15) is 0 Å². The number of rotatable bonds is 8. The van der Waals surface area contributed by atoms with Crippen molar-refractivity contribution in [2.45, 2.75) is 25.9 Å². The van der Waals surface area contributed by atoms with Gasteiger partial charge in [0.05, 0.1) is 13.4 Å². The smallest absolute Gasteiger partial charge is 0.247 e. The van der Waals surface area contributed by atoms with E-state index in [2.05, 4.69) is 18.4 Å². The minimum atomic E-state index is -0.0359. The maximum atomic E-state index is 12.9. The van der Waals surface area contributed by atoms with E-state index < -0.39 is 0 Å². The number of furan rings is 1. The van der Waals surface area contributed by atoms with Crippen LogP contribution in [0.1, 0.15) is 23.1 Å². The summed E-state index contributed by atoms with van der Waals surface area (Å²) in [6, 6.07) is 15.7. The van der Waals surface area contributed by atoms with E-state index in [0.29, 0.717) is 12.3 Å². The normalized spacial score (nSPS) is 12.2. The third-order valence-electron chi connectivity index (χ3n) is 4.34. The first-order valence-electron chi connectivity index (χ1n) is 8.83. The summed E-state index contributed by atoms with van der Waals surface area (Å²) in [6.07, 6.45) is 5.71. The molecule has 27 heavy (non-hydrogen) atoms. The Morgan fingerprint density at radius 1 is 1.22 bits per heavy atom. The Morgan fingerprint density at radius 2 is 2.04 bits per heavy atom. The number of hydrogen-bond donors (Lipinski definition) is 0. The van der Waals surface area contributed by atoms with Crippen LogP contribution in [0.3, 0.4) is 0 Å². The van der Waals surface area contributed by atoms with Gasteiger partial charge in [-0.05, 0) is 54.3 Å². The number of benzene rings is 1. The van der Waals surface area contributed by atoms with Gasteiger partial charge >= 0.3 is 0 Å². The number of ether oxygens (including phenoxy) is 1. The predicted octanol–water partition coefficient (Wildman–Crippen LogP) is 5.02. The van der Waals surface area contributed by atoms with Crippen LogP contribution in [-0.2, 0) is 17.8 Å². The minimum absolute atomic E-state index is 0.0359. The lowest BCUT2D eigenvalue weighted by Crippen LogP contribution is -2.38. The molecule has 0 radical (unpaired) electrons. The first-order chi connectivity index (χ1) is 13.2. The Bertz CT molecular complexity index is 852. The number of carbonyl (C=O) groups is 1. The molecule has 2 heterocycles. The number of amides is 1. The van der Waals surface area contributed by atoms with E-state index in [0.717, 1.165) is 17.7 Å².